The molecular formula is C30H32N2O4. The Morgan fingerprint density at radius 1 is 0.861 bits per heavy atom. The summed E-state index contributed by atoms with van der Waals surface area (Å²) in [5, 5.41) is 7.23. The Morgan fingerprint density at radius 3 is 2.33 bits per heavy atom. The maximum atomic E-state index is 13.8. The predicted molar refractivity (Wildman–Crippen MR) is 142 cm³/mol. The lowest BCUT2D eigenvalue weighted by atomic mass is 9.78. The number of Topliss-reactive ketones (excluding diaryl/α,β-unsaturated/α-hetero) is 1. The quantitative estimate of drug-likeness (QED) is 0.400. The van der Waals surface area contributed by atoms with Crippen LogP contribution < -0.4 is 24.8 Å². The third kappa shape index (κ3) is 4.63. The molecule has 0 radical (unpaired) electrons. The van der Waals surface area contributed by atoms with E-state index in [0.717, 1.165) is 52.4 Å². The lowest BCUT2D eigenvalue weighted by molar-refractivity contribution is -0.116. The molecule has 186 valence electrons. The van der Waals surface area contributed by atoms with Crippen molar-refractivity contribution in [1.82, 2.24) is 0 Å². The first kappa shape index (κ1) is 23.8. The highest BCUT2D eigenvalue weighted by molar-refractivity contribution is 6.01. The molecule has 1 aliphatic carbocycles. The molecule has 0 bridgehead atoms. The van der Waals surface area contributed by atoms with Crippen molar-refractivity contribution in [1.29, 1.82) is 0 Å². The predicted octanol–water partition coefficient (Wildman–Crippen LogP) is 6.47. The minimum absolute atomic E-state index is 0.0972. The Morgan fingerprint density at radius 2 is 1.61 bits per heavy atom. The minimum Gasteiger partial charge on any atom is -0.497 e. The number of nitrogens with one attached hydrogen (secondary N) is 2. The number of fused-ring (bicyclic) bond motifs is 1. The van der Waals surface area contributed by atoms with E-state index >= 15 is 0 Å². The van der Waals surface area contributed by atoms with Gasteiger partial charge in [-0.25, -0.2) is 0 Å². The van der Waals surface area contributed by atoms with Gasteiger partial charge in [-0.2, -0.15) is 0 Å². The van der Waals surface area contributed by atoms with Crippen molar-refractivity contribution in [3.63, 3.8) is 0 Å². The molecule has 0 saturated carbocycles. The third-order valence-electron chi connectivity index (χ3n) is 6.88. The molecular weight excluding hydrogens is 452 g/mol. The number of hydrogen-bond donors (Lipinski definition) is 2. The summed E-state index contributed by atoms with van der Waals surface area (Å²) in [6, 6.07) is 21.7. The molecule has 1 heterocycles. The molecule has 2 aliphatic rings. The number of para-hydroxylation sites is 2. The second-order valence-corrected chi connectivity index (χ2v) is 9.20. The summed E-state index contributed by atoms with van der Waals surface area (Å²) in [5.41, 5.74) is 5.75. The Kier molecular flexibility index (Phi) is 6.85. The summed E-state index contributed by atoms with van der Waals surface area (Å²) >= 11 is 0. The topological polar surface area (TPSA) is 68.8 Å². The van der Waals surface area contributed by atoms with Crippen molar-refractivity contribution in [2.75, 3.05) is 31.5 Å². The fraction of sp³-hybridized carbons (Fsp3) is 0.300. The van der Waals surface area contributed by atoms with Gasteiger partial charge in [0.15, 0.2) is 17.3 Å². The van der Waals surface area contributed by atoms with Crippen LogP contribution in [0.4, 0.5) is 11.4 Å². The Hall–Kier alpha value is -3.93. The Labute approximate surface area is 212 Å². The molecule has 36 heavy (non-hydrogen) atoms. The SMILES string of the molecule is CCCOc1ccc([C@H]2Nc3ccccc3NC3=C2C(=O)C[C@@H](c2ccc(OC)cc2)C3)cc1OC. The van der Waals surface area contributed by atoms with E-state index < -0.39 is 0 Å². The molecule has 3 aromatic rings. The van der Waals surface area contributed by atoms with E-state index in [1.165, 1.54) is 0 Å². The molecule has 2 N–H and O–H groups in total. The van der Waals surface area contributed by atoms with Crippen LogP contribution >= 0.6 is 0 Å². The van der Waals surface area contributed by atoms with Gasteiger partial charge in [0.25, 0.3) is 0 Å². The van der Waals surface area contributed by atoms with Crippen molar-refractivity contribution in [2.24, 2.45) is 0 Å². The first-order valence-electron chi connectivity index (χ1n) is 12.4. The smallest absolute Gasteiger partial charge is 0.163 e. The molecule has 3 aromatic carbocycles. The van der Waals surface area contributed by atoms with Crippen molar-refractivity contribution in [3.8, 4) is 17.2 Å². The van der Waals surface area contributed by atoms with Gasteiger partial charge in [0.2, 0.25) is 0 Å². The van der Waals surface area contributed by atoms with Crippen LogP contribution in [0, 0.1) is 0 Å². The van der Waals surface area contributed by atoms with Crippen LogP contribution in [-0.4, -0.2) is 26.6 Å². The Balaban J connectivity index is 1.55. The lowest BCUT2D eigenvalue weighted by Crippen LogP contribution is -2.26. The maximum Gasteiger partial charge on any atom is 0.163 e. The fourth-order valence-electron chi connectivity index (χ4n) is 5.05. The highest BCUT2D eigenvalue weighted by Crippen LogP contribution is 2.45. The van der Waals surface area contributed by atoms with E-state index in [2.05, 4.69) is 29.7 Å². The number of benzene rings is 3. The Bertz CT molecular complexity index is 1280. The standard InChI is InChI=1S/C30H32N2O4/c1-4-15-36-27-14-11-20(18-28(27)35-3)30-29-25(31-23-7-5-6-8-24(23)32-30)16-21(17-26(29)33)19-9-12-22(34-2)13-10-19/h5-14,18,21,30-32H,4,15-17H2,1-3H3/t21-,30+/m0/s1. The van der Waals surface area contributed by atoms with Crippen molar-refractivity contribution < 1.29 is 19.0 Å². The van der Waals surface area contributed by atoms with Crippen LogP contribution in [-0.2, 0) is 4.79 Å². The van der Waals surface area contributed by atoms with Crippen LogP contribution in [0.25, 0.3) is 0 Å². The minimum atomic E-state index is -0.311. The number of hydrogen-bond acceptors (Lipinski definition) is 6. The number of methoxy groups -OCH3 is 2. The zero-order chi connectivity index (χ0) is 25.1. The number of allylic oxidation sites excluding steroid dienone is 1. The van der Waals surface area contributed by atoms with Crippen LogP contribution in [0.1, 0.15) is 49.3 Å². The van der Waals surface area contributed by atoms with Crippen LogP contribution in [0.15, 0.2) is 78.0 Å². The van der Waals surface area contributed by atoms with Crippen molar-refractivity contribution in [3.05, 3.63) is 89.1 Å². The highest BCUT2D eigenvalue weighted by atomic mass is 16.5. The van der Waals surface area contributed by atoms with Gasteiger partial charge in [0.05, 0.1) is 38.2 Å². The highest BCUT2D eigenvalue weighted by Gasteiger charge is 2.36. The maximum absolute atomic E-state index is 13.8. The summed E-state index contributed by atoms with van der Waals surface area (Å²) in [6.07, 6.45) is 2.11. The van der Waals surface area contributed by atoms with E-state index in [1.807, 2.05) is 54.6 Å². The van der Waals surface area contributed by atoms with E-state index in [1.54, 1.807) is 14.2 Å². The molecule has 0 amide bonds. The van der Waals surface area contributed by atoms with Gasteiger partial charge in [0.1, 0.15) is 5.75 Å². The fourth-order valence-corrected chi connectivity index (χ4v) is 5.05. The summed E-state index contributed by atoms with van der Waals surface area (Å²) < 4.78 is 16.8. The first-order valence-corrected chi connectivity index (χ1v) is 12.4. The second kappa shape index (κ2) is 10.4. The van der Waals surface area contributed by atoms with Crippen molar-refractivity contribution in [2.45, 2.75) is 38.1 Å². The van der Waals surface area contributed by atoms with Crippen LogP contribution in [0.2, 0.25) is 0 Å². The number of carbonyl (C=O) groups is 1. The molecule has 2 atom stereocenters. The molecule has 0 spiro atoms. The third-order valence-corrected chi connectivity index (χ3v) is 6.88. The van der Waals surface area contributed by atoms with Gasteiger partial charge in [-0.05, 0) is 66.3 Å². The van der Waals surface area contributed by atoms with Gasteiger partial charge in [-0.1, -0.05) is 37.3 Å². The molecule has 0 fully saturated rings. The molecule has 0 aromatic heterocycles. The van der Waals surface area contributed by atoms with E-state index in [4.69, 9.17) is 14.2 Å². The summed E-state index contributed by atoms with van der Waals surface area (Å²) in [7, 11) is 3.30. The molecule has 5 rings (SSSR count). The number of rotatable bonds is 7. The van der Waals surface area contributed by atoms with Crippen LogP contribution in [0.5, 0.6) is 17.2 Å². The van der Waals surface area contributed by atoms with Crippen molar-refractivity contribution >= 4 is 17.2 Å². The summed E-state index contributed by atoms with van der Waals surface area (Å²) in [6.45, 7) is 2.69. The van der Waals surface area contributed by atoms with Gasteiger partial charge >= 0.3 is 0 Å². The summed E-state index contributed by atoms with van der Waals surface area (Å²) in [4.78, 5) is 13.8. The average Bonchev–Trinajstić information content (AvgIpc) is 3.09. The average molecular weight is 485 g/mol. The zero-order valence-corrected chi connectivity index (χ0v) is 21.0. The largest absolute Gasteiger partial charge is 0.497 e. The van der Waals surface area contributed by atoms with Gasteiger partial charge in [-0.15, -0.1) is 0 Å². The zero-order valence-electron chi connectivity index (χ0n) is 21.0. The van der Waals surface area contributed by atoms with E-state index in [9.17, 15) is 4.79 Å². The lowest BCUT2D eigenvalue weighted by Gasteiger charge is -2.30. The molecule has 1 aliphatic heterocycles. The molecule has 6 heteroatoms. The molecule has 6 nitrogen and oxygen atoms in total. The second-order valence-electron chi connectivity index (χ2n) is 9.20. The van der Waals surface area contributed by atoms with E-state index in [0.29, 0.717) is 24.5 Å². The van der Waals surface area contributed by atoms with Gasteiger partial charge in [-0.3, -0.25) is 4.79 Å². The number of carbonyl (C=O) groups excluding carboxylic acids is 1. The first-order chi connectivity index (χ1) is 17.6. The molecule has 0 saturated heterocycles. The number of anilines is 2. The van der Waals surface area contributed by atoms with Gasteiger partial charge < -0.3 is 24.8 Å². The molecule has 0 unspecified atom stereocenters. The summed E-state index contributed by atoms with van der Waals surface area (Å²) in [5.74, 6) is 2.42. The number of ketones is 1. The van der Waals surface area contributed by atoms with Crippen LogP contribution in [0.3, 0.4) is 0 Å². The van der Waals surface area contributed by atoms with Gasteiger partial charge in [0, 0.05) is 17.7 Å². The van der Waals surface area contributed by atoms with E-state index in [-0.39, 0.29) is 17.7 Å². The monoisotopic (exact) mass is 484 g/mol. The number of ether oxygens (including phenoxy) is 3. The normalized spacial score (nSPS) is 18.8.